The van der Waals surface area contributed by atoms with Crippen LogP contribution in [0.2, 0.25) is 0 Å². The Morgan fingerprint density at radius 3 is 2.56 bits per heavy atom. The van der Waals surface area contributed by atoms with Gasteiger partial charge in [0.1, 0.15) is 5.82 Å². The highest BCUT2D eigenvalue weighted by atomic mass is 32.2. The molecule has 2 aromatic carbocycles. The van der Waals surface area contributed by atoms with Crippen molar-refractivity contribution in [1.29, 1.82) is 0 Å². The molecule has 1 aliphatic heterocycles. The number of anilines is 3. The van der Waals surface area contributed by atoms with Gasteiger partial charge in [0.05, 0.1) is 30.2 Å². The summed E-state index contributed by atoms with van der Waals surface area (Å²) in [5.41, 5.74) is 4.54. The van der Waals surface area contributed by atoms with Crippen LogP contribution in [-0.2, 0) is 11.2 Å². The van der Waals surface area contributed by atoms with Crippen LogP contribution in [0.15, 0.2) is 36.5 Å². The first-order valence-corrected chi connectivity index (χ1v) is 11.8. The zero-order valence-corrected chi connectivity index (χ0v) is 19.9. The van der Waals surface area contributed by atoms with E-state index in [1.807, 2.05) is 0 Å². The van der Waals surface area contributed by atoms with E-state index in [0.717, 1.165) is 18.2 Å². The van der Waals surface area contributed by atoms with E-state index in [1.54, 1.807) is 13.0 Å². The second-order valence-corrected chi connectivity index (χ2v) is 9.02. The number of amides is 1. The largest absolute Gasteiger partial charge is 0.381 e. The van der Waals surface area contributed by atoms with Crippen LogP contribution in [0.1, 0.15) is 27.0 Å². The quantitative estimate of drug-likeness (QED) is 0.176. The molecule has 0 aliphatic carbocycles. The lowest BCUT2D eigenvalue weighted by molar-refractivity contribution is -0.0281. The van der Waals surface area contributed by atoms with Crippen molar-refractivity contribution < 1.29 is 27.1 Å². The highest BCUT2D eigenvalue weighted by molar-refractivity contribution is 7.98. The number of benzene rings is 2. The first-order valence-electron chi connectivity index (χ1n) is 10.9. The number of hydrogen-bond donors (Lipinski definition) is 4. The van der Waals surface area contributed by atoms with Crippen LogP contribution >= 0.6 is 12.1 Å². The van der Waals surface area contributed by atoms with Crippen LogP contribution in [0.25, 0.3) is 0 Å². The second-order valence-electron chi connectivity index (χ2n) is 8.32. The summed E-state index contributed by atoms with van der Waals surface area (Å²) in [7, 11) is 0. The fraction of sp³-hybridized carbons (Fsp3) is 0.250. The van der Waals surface area contributed by atoms with E-state index in [2.05, 4.69) is 19.7 Å². The molecule has 190 valence electrons. The van der Waals surface area contributed by atoms with Crippen LogP contribution < -0.4 is 20.5 Å². The number of carbonyl (C=O) groups excluding carboxylic acids is 1. The van der Waals surface area contributed by atoms with Gasteiger partial charge in [0.25, 0.3) is 5.91 Å². The van der Waals surface area contributed by atoms with Crippen LogP contribution in [0.5, 0.6) is 0 Å². The van der Waals surface area contributed by atoms with Gasteiger partial charge in [-0.1, -0.05) is 6.07 Å². The molecule has 1 aromatic heterocycles. The molecule has 1 saturated heterocycles. The summed E-state index contributed by atoms with van der Waals surface area (Å²) in [6.45, 7) is 3.65. The van der Waals surface area contributed by atoms with Crippen LogP contribution in [0, 0.1) is 36.1 Å². The molecule has 5 N–H and O–H groups in total. The lowest BCUT2D eigenvalue weighted by atomic mass is 10.00. The van der Waals surface area contributed by atoms with Gasteiger partial charge in [-0.25, -0.2) is 27.3 Å². The minimum absolute atomic E-state index is 0.0134. The Bertz CT molecular complexity index is 1290. The highest BCUT2D eigenvalue weighted by Crippen LogP contribution is 2.32. The third kappa shape index (κ3) is 5.72. The monoisotopic (exact) mass is 521 g/mol. The molecule has 0 saturated carbocycles. The zero-order chi connectivity index (χ0) is 25.8. The van der Waals surface area contributed by atoms with Crippen molar-refractivity contribution in [1.82, 2.24) is 9.71 Å². The molecule has 0 radical (unpaired) electrons. The maximum Gasteiger partial charge on any atom is 0.250 e. The molecule has 1 aliphatic rings. The number of halogens is 4. The predicted molar refractivity (Wildman–Crippen MR) is 130 cm³/mol. The van der Waals surface area contributed by atoms with Gasteiger partial charge < -0.3 is 15.8 Å². The normalized spacial score (nSPS) is 13.4. The van der Waals surface area contributed by atoms with E-state index < -0.39 is 40.4 Å². The molecular weight excluding hydrogens is 498 g/mol. The molecule has 1 fully saturated rings. The molecule has 3 aromatic rings. The average Bonchev–Trinajstić information content (AvgIpc) is 2.80. The summed E-state index contributed by atoms with van der Waals surface area (Å²) >= 11 is 1.04. The van der Waals surface area contributed by atoms with Gasteiger partial charge in [-0.2, -0.15) is 0 Å². The fourth-order valence-corrected chi connectivity index (χ4v) is 4.15. The number of ether oxygens (including phenoxy) is 1. The number of nitrogens with zero attached hydrogens (tertiary/aromatic N) is 1. The van der Waals surface area contributed by atoms with Gasteiger partial charge in [-0.3, -0.25) is 9.52 Å². The van der Waals surface area contributed by atoms with Crippen molar-refractivity contribution in [3.8, 4) is 0 Å². The number of nitrogens with one attached hydrogen (secondary N) is 3. The van der Waals surface area contributed by atoms with Crippen molar-refractivity contribution in [2.24, 2.45) is 11.7 Å². The number of pyridine rings is 1. The average molecular weight is 522 g/mol. The number of primary amides is 1. The Morgan fingerprint density at radius 2 is 1.89 bits per heavy atom. The van der Waals surface area contributed by atoms with E-state index >= 15 is 13.2 Å². The number of aryl methyl sites for hydroxylation is 1. The first kappa shape index (κ1) is 25.7. The summed E-state index contributed by atoms with van der Waals surface area (Å²) in [6.07, 6.45) is 0.934. The van der Waals surface area contributed by atoms with Crippen molar-refractivity contribution in [2.45, 2.75) is 13.3 Å². The third-order valence-corrected chi connectivity index (χ3v) is 6.19. The number of hydrogen-bond acceptors (Lipinski definition) is 7. The molecule has 0 unspecified atom stereocenters. The number of nitrogens with two attached hydrogens (primary N) is 1. The van der Waals surface area contributed by atoms with Crippen molar-refractivity contribution in [3.05, 3.63) is 82.1 Å². The van der Waals surface area contributed by atoms with Crippen molar-refractivity contribution in [2.75, 3.05) is 29.8 Å². The van der Waals surface area contributed by atoms with Crippen LogP contribution in [0.3, 0.4) is 0 Å². The van der Waals surface area contributed by atoms with E-state index in [9.17, 15) is 9.18 Å². The Hall–Kier alpha value is -3.35. The smallest absolute Gasteiger partial charge is 0.250 e. The maximum absolute atomic E-state index is 15.1. The van der Waals surface area contributed by atoms with E-state index in [-0.39, 0.29) is 29.1 Å². The van der Waals surface area contributed by atoms with E-state index in [0.29, 0.717) is 31.2 Å². The summed E-state index contributed by atoms with van der Waals surface area (Å²) in [5.74, 6) is -5.01. The second kappa shape index (κ2) is 11.1. The number of aromatic nitrogens is 1. The van der Waals surface area contributed by atoms with E-state index in [1.165, 1.54) is 24.4 Å². The molecule has 0 spiro atoms. The summed E-state index contributed by atoms with van der Waals surface area (Å²) in [4.78, 5) is 16.0. The SMILES string of the molecule is Cc1ccc(Nc2c(C(N)=O)cc(Cc3ccnc(NSNCC4COC4)c3F)c(F)c2F)c(F)c1. The summed E-state index contributed by atoms with van der Waals surface area (Å²) < 4.78 is 70.2. The Labute approximate surface area is 209 Å². The Balaban J connectivity index is 1.56. The molecule has 0 atom stereocenters. The van der Waals surface area contributed by atoms with Gasteiger partial charge >= 0.3 is 0 Å². The fourth-order valence-electron chi connectivity index (χ4n) is 3.52. The van der Waals surface area contributed by atoms with Gasteiger partial charge in [0, 0.05) is 37.2 Å². The summed E-state index contributed by atoms with van der Waals surface area (Å²) in [5, 5.41) is 2.41. The summed E-state index contributed by atoms with van der Waals surface area (Å²) in [6, 6.07) is 6.43. The minimum Gasteiger partial charge on any atom is -0.381 e. The zero-order valence-electron chi connectivity index (χ0n) is 19.1. The Kier molecular flexibility index (Phi) is 7.97. The molecule has 7 nitrogen and oxygen atoms in total. The van der Waals surface area contributed by atoms with Crippen molar-refractivity contribution >= 4 is 35.2 Å². The third-order valence-electron chi connectivity index (χ3n) is 5.58. The predicted octanol–water partition coefficient (Wildman–Crippen LogP) is 4.59. The van der Waals surface area contributed by atoms with E-state index in [4.69, 9.17) is 10.5 Å². The molecule has 2 heterocycles. The topological polar surface area (TPSA) is 101 Å². The molecular formula is C24H23F4N5O2S. The number of carbonyl (C=O) groups is 1. The standard InChI is InChI=1S/C24H23F4N5O2S/c1-12-2-3-18(17(25)6-12)32-22-16(23(29)34)8-15(19(26)21(22)28)7-14-4-5-30-24(20(14)27)33-36-31-9-13-10-35-11-13/h2-6,8,13,31-32H,7,9-11H2,1H3,(H2,29,34)(H,30,33). The maximum atomic E-state index is 15.1. The molecule has 4 rings (SSSR count). The first-order chi connectivity index (χ1) is 17.2. The van der Waals surface area contributed by atoms with Gasteiger partial charge in [0.2, 0.25) is 0 Å². The molecule has 0 bridgehead atoms. The lowest BCUT2D eigenvalue weighted by Gasteiger charge is -2.25. The van der Waals surface area contributed by atoms with Crippen LogP contribution in [0.4, 0.5) is 34.8 Å². The van der Waals surface area contributed by atoms with Gasteiger partial charge in [-0.15, -0.1) is 0 Å². The molecule has 1 amide bonds. The lowest BCUT2D eigenvalue weighted by Crippen LogP contribution is -2.35. The minimum atomic E-state index is -1.44. The van der Waals surface area contributed by atoms with Gasteiger partial charge in [0.15, 0.2) is 23.3 Å². The number of rotatable bonds is 10. The van der Waals surface area contributed by atoms with Crippen molar-refractivity contribution in [3.63, 3.8) is 0 Å². The Morgan fingerprint density at radius 1 is 1.11 bits per heavy atom. The highest BCUT2D eigenvalue weighted by Gasteiger charge is 2.24. The molecule has 36 heavy (non-hydrogen) atoms. The van der Waals surface area contributed by atoms with Gasteiger partial charge in [-0.05, 0) is 47.9 Å². The molecule has 12 heteroatoms. The van der Waals surface area contributed by atoms with Crippen LogP contribution in [-0.4, -0.2) is 30.6 Å².